The Morgan fingerprint density at radius 2 is 2.00 bits per heavy atom. The summed E-state index contributed by atoms with van der Waals surface area (Å²) < 4.78 is 0. The van der Waals surface area contributed by atoms with Gasteiger partial charge in [-0.25, -0.2) is 0 Å². The molecule has 0 spiro atoms. The smallest absolute Gasteiger partial charge is 0.239 e. The molecule has 0 aliphatic rings. The van der Waals surface area contributed by atoms with Crippen molar-refractivity contribution in [3.05, 3.63) is 23.5 Å². The average Bonchev–Trinajstić information content (AvgIpc) is 2.51. The van der Waals surface area contributed by atoms with Crippen molar-refractivity contribution in [3.63, 3.8) is 0 Å². The Balaban J connectivity index is 2.52. The van der Waals surface area contributed by atoms with Crippen LogP contribution in [0.15, 0.2) is 12.1 Å². The standard InChI is InChI=1S/C9H11N5/c1-5-3-4-7(6(2)11-5)8-12-9(10)14-13-8/h3-4H,1-2H3,(H3,10,12,13,14). The lowest BCUT2D eigenvalue weighted by atomic mass is 10.2. The van der Waals surface area contributed by atoms with Crippen LogP contribution in [0.2, 0.25) is 0 Å². The predicted octanol–water partition coefficient (Wildman–Crippen LogP) is 1.07. The summed E-state index contributed by atoms with van der Waals surface area (Å²) in [4.78, 5) is 8.37. The molecule has 0 amide bonds. The fourth-order valence-corrected chi connectivity index (χ4v) is 1.33. The molecule has 2 aromatic heterocycles. The van der Waals surface area contributed by atoms with Crippen LogP contribution in [-0.4, -0.2) is 20.2 Å². The highest BCUT2D eigenvalue weighted by Crippen LogP contribution is 2.18. The number of nitrogen functional groups attached to an aromatic ring is 1. The molecule has 0 aliphatic carbocycles. The monoisotopic (exact) mass is 189 g/mol. The van der Waals surface area contributed by atoms with Gasteiger partial charge in [-0.15, -0.1) is 5.10 Å². The van der Waals surface area contributed by atoms with Gasteiger partial charge < -0.3 is 5.73 Å². The Morgan fingerprint density at radius 1 is 1.21 bits per heavy atom. The number of aromatic amines is 1. The largest absolute Gasteiger partial charge is 0.366 e. The van der Waals surface area contributed by atoms with E-state index in [0.717, 1.165) is 17.0 Å². The third kappa shape index (κ3) is 1.44. The van der Waals surface area contributed by atoms with E-state index in [0.29, 0.717) is 5.82 Å². The van der Waals surface area contributed by atoms with Crippen molar-refractivity contribution in [2.45, 2.75) is 13.8 Å². The number of nitrogens with two attached hydrogens (primary N) is 1. The van der Waals surface area contributed by atoms with Crippen LogP contribution in [0.4, 0.5) is 5.95 Å². The van der Waals surface area contributed by atoms with E-state index in [1.165, 1.54) is 0 Å². The fraction of sp³-hybridized carbons (Fsp3) is 0.222. The van der Waals surface area contributed by atoms with Crippen molar-refractivity contribution in [1.82, 2.24) is 20.2 Å². The molecular weight excluding hydrogens is 178 g/mol. The zero-order valence-electron chi connectivity index (χ0n) is 8.07. The van der Waals surface area contributed by atoms with Crippen LogP contribution in [-0.2, 0) is 0 Å². The van der Waals surface area contributed by atoms with Crippen LogP contribution in [0.1, 0.15) is 11.4 Å². The molecule has 0 saturated heterocycles. The lowest BCUT2D eigenvalue weighted by molar-refractivity contribution is 1.08. The molecule has 2 rings (SSSR count). The summed E-state index contributed by atoms with van der Waals surface area (Å²) in [7, 11) is 0. The van der Waals surface area contributed by atoms with Crippen molar-refractivity contribution >= 4 is 5.95 Å². The van der Waals surface area contributed by atoms with Gasteiger partial charge in [-0.3, -0.25) is 10.1 Å². The Bertz CT molecular complexity index is 460. The highest BCUT2D eigenvalue weighted by Gasteiger charge is 2.06. The Labute approximate surface area is 81.4 Å². The SMILES string of the molecule is Cc1ccc(-c2nc(N)n[nH]2)c(C)n1. The predicted molar refractivity (Wildman–Crippen MR) is 53.5 cm³/mol. The molecular formula is C9H11N5. The van der Waals surface area contributed by atoms with Gasteiger partial charge >= 0.3 is 0 Å². The summed E-state index contributed by atoms with van der Waals surface area (Å²) in [5.74, 6) is 0.910. The van der Waals surface area contributed by atoms with Crippen molar-refractivity contribution in [3.8, 4) is 11.4 Å². The van der Waals surface area contributed by atoms with Crippen molar-refractivity contribution < 1.29 is 0 Å². The number of hydrogen-bond acceptors (Lipinski definition) is 4. The molecule has 0 unspecified atom stereocenters. The van der Waals surface area contributed by atoms with Crippen molar-refractivity contribution in [2.24, 2.45) is 0 Å². The van der Waals surface area contributed by atoms with Gasteiger partial charge in [0.1, 0.15) is 0 Å². The van der Waals surface area contributed by atoms with E-state index in [1.54, 1.807) is 0 Å². The number of hydrogen-bond donors (Lipinski definition) is 2. The summed E-state index contributed by atoms with van der Waals surface area (Å²) in [5.41, 5.74) is 8.26. The molecule has 0 atom stereocenters. The third-order valence-corrected chi connectivity index (χ3v) is 1.98. The minimum absolute atomic E-state index is 0.250. The fourth-order valence-electron chi connectivity index (χ4n) is 1.33. The number of rotatable bonds is 1. The van der Waals surface area contributed by atoms with Crippen LogP contribution < -0.4 is 5.73 Å². The zero-order valence-corrected chi connectivity index (χ0v) is 8.07. The number of aromatic nitrogens is 4. The van der Waals surface area contributed by atoms with E-state index in [-0.39, 0.29) is 5.95 Å². The lowest BCUT2D eigenvalue weighted by Crippen LogP contribution is -1.91. The third-order valence-electron chi connectivity index (χ3n) is 1.98. The topological polar surface area (TPSA) is 80.5 Å². The highest BCUT2D eigenvalue weighted by molar-refractivity contribution is 5.58. The molecule has 72 valence electrons. The molecule has 2 heterocycles. The molecule has 14 heavy (non-hydrogen) atoms. The van der Waals surface area contributed by atoms with E-state index in [1.807, 2.05) is 26.0 Å². The van der Waals surface area contributed by atoms with Crippen LogP contribution in [0, 0.1) is 13.8 Å². The molecule has 0 radical (unpaired) electrons. The van der Waals surface area contributed by atoms with Gasteiger partial charge in [0.2, 0.25) is 5.95 Å². The van der Waals surface area contributed by atoms with E-state index in [2.05, 4.69) is 20.2 Å². The van der Waals surface area contributed by atoms with Crippen LogP contribution in [0.5, 0.6) is 0 Å². The van der Waals surface area contributed by atoms with Crippen molar-refractivity contribution in [2.75, 3.05) is 5.73 Å². The van der Waals surface area contributed by atoms with Gasteiger partial charge in [0.05, 0.1) is 0 Å². The van der Waals surface area contributed by atoms with Gasteiger partial charge in [0, 0.05) is 17.0 Å². The van der Waals surface area contributed by atoms with E-state index in [4.69, 9.17) is 5.73 Å². The van der Waals surface area contributed by atoms with E-state index < -0.39 is 0 Å². The molecule has 0 aliphatic heterocycles. The van der Waals surface area contributed by atoms with Gasteiger partial charge in [-0.1, -0.05) is 0 Å². The van der Waals surface area contributed by atoms with Crippen LogP contribution >= 0.6 is 0 Å². The second-order valence-corrected chi connectivity index (χ2v) is 3.13. The molecule has 2 aromatic rings. The average molecular weight is 189 g/mol. The number of H-pyrrole nitrogens is 1. The lowest BCUT2D eigenvalue weighted by Gasteiger charge is -2.01. The number of anilines is 1. The van der Waals surface area contributed by atoms with Crippen molar-refractivity contribution in [1.29, 1.82) is 0 Å². The number of pyridine rings is 1. The highest BCUT2D eigenvalue weighted by atomic mass is 15.3. The summed E-state index contributed by atoms with van der Waals surface area (Å²) in [6.07, 6.45) is 0. The summed E-state index contributed by atoms with van der Waals surface area (Å²) in [6.45, 7) is 3.88. The normalized spacial score (nSPS) is 10.4. The molecule has 0 bridgehead atoms. The minimum Gasteiger partial charge on any atom is -0.366 e. The van der Waals surface area contributed by atoms with Gasteiger partial charge in [-0.05, 0) is 26.0 Å². The van der Waals surface area contributed by atoms with Crippen LogP contribution in [0.3, 0.4) is 0 Å². The van der Waals surface area contributed by atoms with Gasteiger partial charge in [0.25, 0.3) is 0 Å². The Hall–Kier alpha value is -1.91. The summed E-state index contributed by atoms with van der Waals surface area (Å²) in [6, 6.07) is 3.89. The first kappa shape index (κ1) is 8.68. The van der Waals surface area contributed by atoms with Crippen LogP contribution in [0.25, 0.3) is 11.4 Å². The number of aryl methyl sites for hydroxylation is 2. The quantitative estimate of drug-likeness (QED) is 0.703. The molecule has 5 heteroatoms. The first-order valence-electron chi connectivity index (χ1n) is 4.29. The zero-order chi connectivity index (χ0) is 10.1. The molecule has 5 nitrogen and oxygen atoms in total. The van der Waals surface area contributed by atoms with E-state index >= 15 is 0 Å². The molecule has 0 fully saturated rings. The maximum Gasteiger partial charge on any atom is 0.239 e. The summed E-state index contributed by atoms with van der Waals surface area (Å²) >= 11 is 0. The van der Waals surface area contributed by atoms with E-state index in [9.17, 15) is 0 Å². The maximum absolute atomic E-state index is 5.42. The van der Waals surface area contributed by atoms with Gasteiger partial charge in [-0.2, -0.15) is 4.98 Å². The number of nitrogens with one attached hydrogen (secondary N) is 1. The first-order valence-corrected chi connectivity index (χ1v) is 4.29. The number of nitrogens with zero attached hydrogens (tertiary/aromatic N) is 3. The maximum atomic E-state index is 5.42. The van der Waals surface area contributed by atoms with Gasteiger partial charge in [0.15, 0.2) is 5.82 Å². The first-order chi connectivity index (χ1) is 6.66. The Morgan fingerprint density at radius 3 is 2.57 bits per heavy atom. The second kappa shape index (κ2) is 3.10. The molecule has 0 aromatic carbocycles. The molecule has 0 saturated carbocycles. The Kier molecular flexibility index (Phi) is 1.92. The molecule has 3 N–H and O–H groups in total. The second-order valence-electron chi connectivity index (χ2n) is 3.13. The summed E-state index contributed by atoms with van der Waals surface area (Å²) in [5, 5.41) is 6.53. The minimum atomic E-state index is 0.250.